The van der Waals surface area contributed by atoms with Crippen LogP contribution >= 0.6 is 0 Å². The summed E-state index contributed by atoms with van der Waals surface area (Å²) < 4.78 is 0. The van der Waals surface area contributed by atoms with Crippen molar-refractivity contribution >= 4 is 0 Å². The monoisotopic (exact) mass is 249 g/mol. The second kappa shape index (κ2) is 4.21. The quantitative estimate of drug-likeness (QED) is 0.749. The Morgan fingerprint density at radius 2 is 1.47 bits per heavy atom. The number of rotatable bonds is 0. The van der Waals surface area contributed by atoms with Crippen LogP contribution in [0.5, 0.6) is 0 Å². The van der Waals surface area contributed by atoms with Crippen molar-refractivity contribution in [3.63, 3.8) is 0 Å². The lowest BCUT2D eigenvalue weighted by atomic mass is 9.79. The number of hydrogen-bond donors (Lipinski definition) is 1. The molecule has 2 aromatic rings. The Bertz CT molecular complexity index is 617. The molecule has 0 fully saturated rings. The molecule has 0 saturated carbocycles. The summed E-state index contributed by atoms with van der Waals surface area (Å²) in [5, 5.41) is 3.83. The molecule has 1 heterocycles. The molecular weight excluding hydrogens is 230 g/mol. The lowest BCUT2D eigenvalue weighted by Gasteiger charge is -2.32. The molecule has 1 atom stereocenters. The highest BCUT2D eigenvalue weighted by Crippen LogP contribution is 2.44. The van der Waals surface area contributed by atoms with Gasteiger partial charge in [-0.25, -0.2) is 0 Å². The highest BCUT2D eigenvalue weighted by molar-refractivity contribution is 5.49. The van der Waals surface area contributed by atoms with Gasteiger partial charge in [-0.2, -0.15) is 0 Å². The first kappa shape index (κ1) is 11.2. The van der Waals surface area contributed by atoms with Gasteiger partial charge in [0.05, 0.1) is 5.54 Å². The molecule has 1 nitrogen and oxygen atoms in total. The minimum atomic E-state index is 0.0731. The zero-order valence-electron chi connectivity index (χ0n) is 11.2. The van der Waals surface area contributed by atoms with Gasteiger partial charge in [0, 0.05) is 6.54 Å². The Morgan fingerprint density at radius 3 is 2.32 bits per heavy atom. The maximum atomic E-state index is 3.83. The lowest BCUT2D eigenvalue weighted by molar-refractivity contribution is 0.398. The Hall–Kier alpha value is -1.60. The fraction of sp³-hybridized carbons (Fsp3) is 0.333. The van der Waals surface area contributed by atoms with Crippen molar-refractivity contribution in [3.05, 3.63) is 70.8 Å². The third-order valence-corrected chi connectivity index (χ3v) is 4.78. The van der Waals surface area contributed by atoms with Gasteiger partial charge in [-0.1, -0.05) is 55.0 Å². The Labute approximate surface area is 114 Å². The van der Waals surface area contributed by atoms with Gasteiger partial charge in [-0.3, -0.25) is 5.32 Å². The molecule has 1 aliphatic heterocycles. The summed E-state index contributed by atoms with van der Waals surface area (Å²) in [6.45, 7) is 1.00. The first-order valence-corrected chi connectivity index (χ1v) is 7.32. The van der Waals surface area contributed by atoms with Crippen LogP contribution in [-0.2, 0) is 18.5 Å². The highest BCUT2D eigenvalue weighted by atomic mass is 15.0. The van der Waals surface area contributed by atoms with Gasteiger partial charge in [0.1, 0.15) is 0 Å². The summed E-state index contributed by atoms with van der Waals surface area (Å²) in [6.07, 6.45) is 5.06. The maximum absolute atomic E-state index is 3.83. The summed E-state index contributed by atoms with van der Waals surface area (Å²) in [5.74, 6) is 0. The first-order chi connectivity index (χ1) is 9.40. The molecule has 2 aliphatic rings. The van der Waals surface area contributed by atoms with Gasteiger partial charge in [0.2, 0.25) is 0 Å². The van der Waals surface area contributed by atoms with Crippen LogP contribution in [0.25, 0.3) is 0 Å². The smallest absolute Gasteiger partial charge is 0.0699 e. The summed E-state index contributed by atoms with van der Waals surface area (Å²) in [6, 6.07) is 17.9. The number of hydrogen-bond acceptors (Lipinski definition) is 1. The van der Waals surface area contributed by atoms with Crippen molar-refractivity contribution < 1.29 is 0 Å². The maximum Gasteiger partial charge on any atom is 0.0699 e. The van der Waals surface area contributed by atoms with E-state index in [1.54, 1.807) is 0 Å². The summed E-state index contributed by atoms with van der Waals surface area (Å²) in [5.41, 5.74) is 6.09. The molecule has 1 unspecified atom stereocenters. The van der Waals surface area contributed by atoms with Crippen LogP contribution in [0, 0.1) is 0 Å². The van der Waals surface area contributed by atoms with Crippen LogP contribution in [0.15, 0.2) is 48.5 Å². The van der Waals surface area contributed by atoms with Crippen molar-refractivity contribution in [1.82, 2.24) is 5.32 Å². The molecule has 2 aromatic carbocycles. The van der Waals surface area contributed by atoms with E-state index in [1.165, 1.54) is 47.9 Å². The third-order valence-electron chi connectivity index (χ3n) is 4.78. The van der Waals surface area contributed by atoms with Crippen LogP contribution in [0.2, 0.25) is 0 Å². The number of benzene rings is 2. The predicted octanol–water partition coefficient (Wildman–Crippen LogP) is 3.76. The highest BCUT2D eigenvalue weighted by Gasteiger charge is 2.41. The fourth-order valence-corrected chi connectivity index (χ4v) is 3.89. The van der Waals surface area contributed by atoms with Gasteiger partial charge in [-0.05, 0) is 41.5 Å². The second-order valence-electron chi connectivity index (χ2n) is 5.78. The van der Waals surface area contributed by atoms with Gasteiger partial charge in [0.15, 0.2) is 0 Å². The van der Waals surface area contributed by atoms with Gasteiger partial charge < -0.3 is 0 Å². The normalized spacial score (nSPS) is 24.8. The molecule has 0 amide bonds. The molecule has 1 aliphatic carbocycles. The molecule has 19 heavy (non-hydrogen) atoms. The first-order valence-electron chi connectivity index (χ1n) is 7.32. The van der Waals surface area contributed by atoms with E-state index in [0.717, 1.165) is 6.54 Å². The molecule has 0 radical (unpaired) electrons. The standard InChI is InChI=1S/C18H19N/c1-3-10-16-14(7-1)8-5-6-12-18(16)17-11-4-2-9-15(17)13-19-18/h1-4,7,9-11,19H,5-6,8,12-13H2. The number of nitrogens with one attached hydrogen (secondary N) is 1. The van der Waals surface area contributed by atoms with Crippen LogP contribution in [0.1, 0.15) is 41.5 Å². The topological polar surface area (TPSA) is 12.0 Å². The van der Waals surface area contributed by atoms with Crippen molar-refractivity contribution in [1.29, 1.82) is 0 Å². The van der Waals surface area contributed by atoms with Gasteiger partial charge in [-0.15, -0.1) is 0 Å². The van der Waals surface area contributed by atoms with Crippen LogP contribution < -0.4 is 5.32 Å². The molecule has 0 bridgehead atoms. The molecule has 1 N–H and O–H groups in total. The molecular formula is C18H19N. The van der Waals surface area contributed by atoms with Crippen molar-refractivity contribution in [2.24, 2.45) is 0 Å². The lowest BCUT2D eigenvalue weighted by Crippen LogP contribution is -2.38. The van der Waals surface area contributed by atoms with Crippen LogP contribution in [-0.4, -0.2) is 0 Å². The molecule has 1 spiro atoms. The second-order valence-corrected chi connectivity index (χ2v) is 5.78. The minimum Gasteiger partial charge on any atom is -0.300 e. The Balaban J connectivity index is 1.96. The summed E-state index contributed by atoms with van der Waals surface area (Å²) >= 11 is 0. The minimum absolute atomic E-state index is 0.0731. The zero-order valence-corrected chi connectivity index (χ0v) is 11.2. The predicted molar refractivity (Wildman–Crippen MR) is 78.1 cm³/mol. The Morgan fingerprint density at radius 1 is 0.789 bits per heavy atom. The van der Waals surface area contributed by atoms with E-state index in [-0.39, 0.29) is 5.54 Å². The Kier molecular flexibility index (Phi) is 2.49. The van der Waals surface area contributed by atoms with E-state index < -0.39 is 0 Å². The molecule has 0 saturated heterocycles. The molecule has 0 aromatic heterocycles. The van der Waals surface area contributed by atoms with Crippen molar-refractivity contribution in [2.75, 3.05) is 0 Å². The number of aryl methyl sites for hydroxylation is 1. The van der Waals surface area contributed by atoms with E-state index in [2.05, 4.69) is 53.8 Å². The fourth-order valence-electron chi connectivity index (χ4n) is 3.89. The molecule has 96 valence electrons. The van der Waals surface area contributed by atoms with E-state index in [0.29, 0.717) is 0 Å². The SMILES string of the molecule is c1ccc2c(c1)CCCCC21NCc2ccccc21. The van der Waals surface area contributed by atoms with E-state index >= 15 is 0 Å². The molecule has 4 rings (SSSR count). The zero-order chi connectivity index (χ0) is 12.7. The average molecular weight is 249 g/mol. The average Bonchev–Trinajstić information content (AvgIpc) is 2.73. The van der Waals surface area contributed by atoms with Gasteiger partial charge >= 0.3 is 0 Å². The number of fused-ring (bicyclic) bond motifs is 4. The summed E-state index contributed by atoms with van der Waals surface area (Å²) in [7, 11) is 0. The van der Waals surface area contributed by atoms with E-state index in [1.807, 2.05) is 0 Å². The van der Waals surface area contributed by atoms with E-state index in [4.69, 9.17) is 0 Å². The van der Waals surface area contributed by atoms with Crippen molar-refractivity contribution in [3.8, 4) is 0 Å². The van der Waals surface area contributed by atoms with Crippen LogP contribution in [0.4, 0.5) is 0 Å². The van der Waals surface area contributed by atoms with Gasteiger partial charge in [0.25, 0.3) is 0 Å². The van der Waals surface area contributed by atoms with Crippen molar-refractivity contribution in [2.45, 2.75) is 37.8 Å². The van der Waals surface area contributed by atoms with E-state index in [9.17, 15) is 0 Å². The summed E-state index contributed by atoms with van der Waals surface area (Å²) in [4.78, 5) is 0. The third kappa shape index (κ3) is 1.58. The van der Waals surface area contributed by atoms with Crippen LogP contribution in [0.3, 0.4) is 0 Å². The molecule has 1 heteroatoms. The largest absolute Gasteiger partial charge is 0.300 e.